The minimum atomic E-state index is -3.38. The molecule has 0 radical (unpaired) electrons. The minimum absolute atomic E-state index is 0.0783. The molecule has 5 heteroatoms. The molecule has 0 saturated heterocycles. The van der Waals surface area contributed by atoms with Gasteiger partial charge in [-0.1, -0.05) is 47.8 Å². The maximum atomic E-state index is 12.3. The van der Waals surface area contributed by atoms with E-state index in [1.54, 1.807) is 12.1 Å². The lowest BCUT2D eigenvalue weighted by molar-refractivity contribution is 0.310. The van der Waals surface area contributed by atoms with Crippen molar-refractivity contribution in [2.75, 3.05) is 0 Å². The standard InChI is InChI=1S/C14H20BrNO2S/c1-11-4-2-3-5-14(11)16-19(17,18)13-8-6-12(10-15)7-9-13/h6-9,11,14,16H,2-5,10H2,1H3. The highest BCUT2D eigenvalue weighted by molar-refractivity contribution is 9.08. The molecule has 2 atom stereocenters. The van der Waals surface area contributed by atoms with Crippen molar-refractivity contribution in [3.05, 3.63) is 29.8 Å². The van der Waals surface area contributed by atoms with E-state index in [9.17, 15) is 8.42 Å². The molecule has 1 aliphatic carbocycles. The van der Waals surface area contributed by atoms with Crippen molar-refractivity contribution in [3.8, 4) is 0 Å². The molecule has 19 heavy (non-hydrogen) atoms. The zero-order chi connectivity index (χ0) is 13.9. The quantitative estimate of drug-likeness (QED) is 0.849. The van der Waals surface area contributed by atoms with E-state index in [2.05, 4.69) is 27.6 Å². The second-order valence-corrected chi connectivity index (χ2v) is 7.54. The first kappa shape index (κ1) is 15.0. The van der Waals surface area contributed by atoms with Gasteiger partial charge in [0.15, 0.2) is 0 Å². The Balaban J connectivity index is 2.12. The van der Waals surface area contributed by atoms with E-state index in [0.717, 1.165) is 30.2 Å². The predicted octanol–water partition coefficient (Wildman–Crippen LogP) is 3.44. The van der Waals surface area contributed by atoms with Crippen molar-refractivity contribution < 1.29 is 8.42 Å². The van der Waals surface area contributed by atoms with Crippen LogP contribution in [0.15, 0.2) is 29.2 Å². The molecule has 1 fully saturated rings. The Morgan fingerprint density at radius 3 is 2.42 bits per heavy atom. The highest BCUT2D eigenvalue weighted by atomic mass is 79.9. The highest BCUT2D eigenvalue weighted by Crippen LogP contribution is 2.25. The molecule has 0 amide bonds. The fourth-order valence-corrected chi connectivity index (χ4v) is 4.27. The number of nitrogens with one attached hydrogen (secondary N) is 1. The Morgan fingerprint density at radius 1 is 1.21 bits per heavy atom. The van der Waals surface area contributed by atoms with Crippen LogP contribution < -0.4 is 4.72 Å². The lowest BCUT2D eigenvalue weighted by Gasteiger charge is -2.29. The number of halogens is 1. The van der Waals surface area contributed by atoms with Crippen LogP contribution in [0, 0.1) is 5.92 Å². The first-order valence-corrected chi connectivity index (χ1v) is 9.30. The smallest absolute Gasteiger partial charge is 0.208 e. The largest absolute Gasteiger partial charge is 0.240 e. The van der Waals surface area contributed by atoms with E-state index in [1.807, 2.05) is 12.1 Å². The van der Waals surface area contributed by atoms with Crippen LogP contribution in [0.25, 0.3) is 0 Å². The summed E-state index contributed by atoms with van der Waals surface area (Å²) in [6.07, 6.45) is 4.37. The van der Waals surface area contributed by atoms with Gasteiger partial charge in [-0.15, -0.1) is 0 Å². The summed E-state index contributed by atoms with van der Waals surface area (Å²) in [4.78, 5) is 0.356. The van der Waals surface area contributed by atoms with Crippen molar-refractivity contribution in [1.29, 1.82) is 0 Å². The summed E-state index contributed by atoms with van der Waals surface area (Å²) in [6.45, 7) is 2.13. The first-order valence-electron chi connectivity index (χ1n) is 6.70. The Morgan fingerprint density at radius 2 is 1.84 bits per heavy atom. The number of benzene rings is 1. The summed E-state index contributed by atoms with van der Waals surface area (Å²) in [5, 5.41) is 0.737. The average molecular weight is 346 g/mol. The topological polar surface area (TPSA) is 46.2 Å². The molecule has 106 valence electrons. The lowest BCUT2D eigenvalue weighted by Crippen LogP contribution is -2.40. The predicted molar refractivity (Wildman–Crippen MR) is 80.8 cm³/mol. The van der Waals surface area contributed by atoms with Crippen LogP contribution in [-0.2, 0) is 15.4 Å². The monoisotopic (exact) mass is 345 g/mol. The lowest BCUT2D eigenvalue weighted by atomic mass is 9.87. The summed E-state index contributed by atoms with van der Waals surface area (Å²) < 4.78 is 27.5. The van der Waals surface area contributed by atoms with E-state index in [-0.39, 0.29) is 6.04 Å². The highest BCUT2D eigenvalue weighted by Gasteiger charge is 2.26. The Kier molecular flexibility index (Phi) is 5.03. The van der Waals surface area contributed by atoms with Gasteiger partial charge < -0.3 is 0 Å². The van der Waals surface area contributed by atoms with Crippen LogP contribution in [-0.4, -0.2) is 14.5 Å². The van der Waals surface area contributed by atoms with Crippen LogP contribution in [0.5, 0.6) is 0 Å². The first-order chi connectivity index (χ1) is 9.03. The van der Waals surface area contributed by atoms with E-state index >= 15 is 0 Å². The summed E-state index contributed by atoms with van der Waals surface area (Å²) in [5.41, 5.74) is 1.07. The average Bonchev–Trinajstić information content (AvgIpc) is 2.41. The zero-order valence-corrected chi connectivity index (χ0v) is 13.5. The Hall–Kier alpha value is -0.390. The number of hydrogen-bond donors (Lipinski definition) is 1. The SMILES string of the molecule is CC1CCCCC1NS(=O)(=O)c1ccc(CBr)cc1. The van der Waals surface area contributed by atoms with Crippen molar-refractivity contribution in [2.45, 2.75) is 48.9 Å². The fourth-order valence-electron chi connectivity index (χ4n) is 2.52. The number of sulfonamides is 1. The van der Waals surface area contributed by atoms with Crippen LogP contribution in [0.3, 0.4) is 0 Å². The zero-order valence-electron chi connectivity index (χ0n) is 11.1. The van der Waals surface area contributed by atoms with Crippen LogP contribution in [0.1, 0.15) is 38.2 Å². The van der Waals surface area contributed by atoms with Crippen LogP contribution in [0.2, 0.25) is 0 Å². The summed E-state index contributed by atoms with van der Waals surface area (Å²) in [7, 11) is -3.38. The van der Waals surface area contributed by atoms with Gasteiger partial charge in [-0.2, -0.15) is 0 Å². The van der Waals surface area contributed by atoms with Gasteiger partial charge in [0.1, 0.15) is 0 Å². The molecule has 0 aromatic heterocycles. The Labute approximate surface area is 124 Å². The van der Waals surface area contributed by atoms with Crippen LogP contribution in [0.4, 0.5) is 0 Å². The second-order valence-electron chi connectivity index (χ2n) is 5.27. The molecule has 2 rings (SSSR count). The molecule has 1 aliphatic rings. The third-order valence-corrected chi connectivity index (χ3v) is 5.96. The maximum Gasteiger partial charge on any atom is 0.240 e. The van der Waals surface area contributed by atoms with Crippen LogP contribution >= 0.6 is 15.9 Å². The van der Waals surface area contributed by atoms with Gasteiger partial charge in [0.05, 0.1) is 4.90 Å². The molecule has 0 spiro atoms. The van der Waals surface area contributed by atoms with Gasteiger partial charge in [0.25, 0.3) is 0 Å². The second kappa shape index (κ2) is 6.37. The molecule has 1 aromatic carbocycles. The van der Waals surface area contributed by atoms with E-state index in [1.165, 1.54) is 6.42 Å². The normalized spacial score (nSPS) is 24.3. The summed E-state index contributed by atoms with van der Waals surface area (Å²) in [5.74, 6) is 0.422. The fraction of sp³-hybridized carbons (Fsp3) is 0.571. The third-order valence-electron chi connectivity index (χ3n) is 3.81. The molecule has 0 heterocycles. The van der Waals surface area contributed by atoms with Gasteiger partial charge in [-0.05, 0) is 36.5 Å². The van der Waals surface area contributed by atoms with Crippen molar-refractivity contribution in [3.63, 3.8) is 0 Å². The maximum absolute atomic E-state index is 12.3. The number of rotatable bonds is 4. The summed E-state index contributed by atoms with van der Waals surface area (Å²) in [6, 6.07) is 7.11. The molecule has 1 saturated carbocycles. The van der Waals surface area contributed by atoms with Gasteiger partial charge in [-0.3, -0.25) is 0 Å². The molecule has 0 bridgehead atoms. The van der Waals surface area contributed by atoms with Crippen molar-refractivity contribution in [1.82, 2.24) is 4.72 Å². The number of alkyl halides is 1. The molecule has 1 N–H and O–H groups in total. The van der Waals surface area contributed by atoms with Gasteiger partial charge in [0, 0.05) is 11.4 Å². The van der Waals surface area contributed by atoms with Gasteiger partial charge >= 0.3 is 0 Å². The van der Waals surface area contributed by atoms with E-state index in [4.69, 9.17) is 0 Å². The number of hydrogen-bond acceptors (Lipinski definition) is 2. The molecule has 1 aromatic rings. The van der Waals surface area contributed by atoms with E-state index < -0.39 is 10.0 Å². The van der Waals surface area contributed by atoms with Gasteiger partial charge in [-0.25, -0.2) is 13.1 Å². The van der Waals surface area contributed by atoms with Crippen molar-refractivity contribution >= 4 is 26.0 Å². The van der Waals surface area contributed by atoms with E-state index in [0.29, 0.717) is 10.8 Å². The molecular formula is C14H20BrNO2S. The minimum Gasteiger partial charge on any atom is -0.208 e. The Bertz CT molecular complexity index is 513. The molecule has 0 aliphatic heterocycles. The molecule has 2 unspecified atom stereocenters. The summed E-state index contributed by atoms with van der Waals surface area (Å²) >= 11 is 3.35. The van der Waals surface area contributed by atoms with Crippen molar-refractivity contribution in [2.24, 2.45) is 5.92 Å². The third kappa shape index (κ3) is 3.80. The molecular weight excluding hydrogens is 326 g/mol. The molecule has 3 nitrogen and oxygen atoms in total. The van der Waals surface area contributed by atoms with Gasteiger partial charge in [0.2, 0.25) is 10.0 Å².